The van der Waals surface area contributed by atoms with Gasteiger partial charge in [-0.1, -0.05) is 0 Å². The molecule has 0 fully saturated rings. The summed E-state index contributed by atoms with van der Waals surface area (Å²) in [4.78, 5) is 0. The third-order valence-corrected chi connectivity index (χ3v) is 7.26. The van der Waals surface area contributed by atoms with Crippen LogP contribution in [-0.2, 0) is 0 Å². The van der Waals surface area contributed by atoms with Crippen LogP contribution in [0.3, 0.4) is 0 Å². The summed E-state index contributed by atoms with van der Waals surface area (Å²) in [7, 11) is 13.0. The van der Waals surface area contributed by atoms with Crippen molar-refractivity contribution in [2.45, 2.75) is 0 Å². The SMILES string of the molecule is COc1cc2c(cc1OC)-c1cc(OC)c(OC)cc1-c1c(ccc(OC)c1OC)-c1cc(OC)c(OC)cc1-2. The lowest BCUT2D eigenvalue weighted by atomic mass is 9.79. The largest absolute Gasteiger partial charge is 0.493 e. The lowest BCUT2D eigenvalue weighted by Crippen LogP contribution is -2.04. The number of fused-ring (bicyclic) bond motifs is 8. The number of rotatable bonds is 8. The Morgan fingerprint density at radius 3 is 0.925 bits per heavy atom. The smallest absolute Gasteiger partial charge is 0.169 e. The van der Waals surface area contributed by atoms with Gasteiger partial charge < -0.3 is 37.9 Å². The molecule has 1 aliphatic rings. The summed E-state index contributed by atoms with van der Waals surface area (Å²) < 4.78 is 46.2. The fourth-order valence-corrected chi connectivity index (χ4v) is 5.38. The van der Waals surface area contributed by atoms with Crippen LogP contribution in [-0.4, -0.2) is 56.9 Å². The Bertz CT molecular complexity index is 1530. The van der Waals surface area contributed by atoms with Crippen molar-refractivity contribution in [2.24, 2.45) is 0 Å². The first kappa shape index (κ1) is 26.9. The van der Waals surface area contributed by atoms with Gasteiger partial charge in [0.25, 0.3) is 0 Å². The van der Waals surface area contributed by atoms with E-state index in [4.69, 9.17) is 37.9 Å². The van der Waals surface area contributed by atoms with Gasteiger partial charge in [0.15, 0.2) is 46.0 Å². The summed E-state index contributed by atoms with van der Waals surface area (Å²) in [6.07, 6.45) is 0. The molecule has 208 valence electrons. The molecule has 8 heteroatoms. The van der Waals surface area contributed by atoms with Crippen LogP contribution in [0.1, 0.15) is 0 Å². The Labute approximate surface area is 233 Å². The van der Waals surface area contributed by atoms with Crippen LogP contribution in [0.4, 0.5) is 0 Å². The quantitative estimate of drug-likeness (QED) is 0.213. The fraction of sp³-hybridized carbons (Fsp3) is 0.250. The molecule has 0 N–H and O–H groups in total. The lowest BCUT2D eigenvalue weighted by molar-refractivity contribution is 0.353. The van der Waals surface area contributed by atoms with E-state index in [0.29, 0.717) is 46.0 Å². The highest BCUT2D eigenvalue weighted by Crippen LogP contribution is 2.57. The van der Waals surface area contributed by atoms with Gasteiger partial charge in [0, 0.05) is 5.56 Å². The van der Waals surface area contributed by atoms with E-state index in [2.05, 4.69) is 0 Å². The predicted octanol–water partition coefficient (Wildman–Crippen LogP) is 6.74. The van der Waals surface area contributed by atoms with Crippen molar-refractivity contribution in [2.75, 3.05) is 56.9 Å². The standard InChI is InChI=1S/C32H32O8/c1-33-24-10-9-17-18-11-25(34-2)26(35-3)12-19(18)20-13-27(36-4)28(37-5)14-21(20)22-15-29(38-6)30(39-7)16-23(22)31(17)32(24)40-8/h9-16H,1-8H3. The molecule has 0 heterocycles. The molecule has 40 heavy (non-hydrogen) atoms. The summed E-state index contributed by atoms with van der Waals surface area (Å²) in [5, 5.41) is 0. The molecular formula is C32H32O8. The number of benzene rings is 4. The van der Waals surface area contributed by atoms with E-state index in [-0.39, 0.29) is 0 Å². The number of ether oxygens (including phenoxy) is 8. The average Bonchev–Trinajstić information content (AvgIpc) is 3.01. The minimum atomic E-state index is 0.576. The summed E-state index contributed by atoms with van der Waals surface area (Å²) in [5.74, 6) is 4.70. The monoisotopic (exact) mass is 544 g/mol. The number of hydrogen-bond acceptors (Lipinski definition) is 8. The summed E-state index contributed by atoms with van der Waals surface area (Å²) in [6.45, 7) is 0. The van der Waals surface area contributed by atoms with Gasteiger partial charge in [-0.05, 0) is 87.5 Å². The number of methoxy groups -OCH3 is 8. The summed E-state index contributed by atoms with van der Waals surface area (Å²) in [6, 6.07) is 15.7. The summed E-state index contributed by atoms with van der Waals surface area (Å²) in [5.41, 5.74) is 7.07. The third-order valence-electron chi connectivity index (χ3n) is 7.26. The van der Waals surface area contributed by atoms with Crippen LogP contribution in [0.5, 0.6) is 46.0 Å². The summed E-state index contributed by atoms with van der Waals surface area (Å²) >= 11 is 0. The zero-order valence-corrected chi connectivity index (χ0v) is 23.9. The van der Waals surface area contributed by atoms with Crippen molar-refractivity contribution in [3.8, 4) is 90.5 Å². The van der Waals surface area contributed by atoms with Crippen molar-refractivity contribution in [3.05, 3.63) is 48.5 Å². The van der Waals surface area contributed by atoms with Crippen molar-refractivity contribution < 1.29 is 37.9 Å². The van der Waals surface area contributed by atoms with E-state index in [1.54, 1.807) is 56.9 Å². The Balaban J connectivity index is 2.07. The van der Waals surface area contributed by atoms with E-state index < -0.39 is 0 Å². The Kier molecular flexibility index (Phi) is 7.26. The second-order valence-corrected chi connectivity index (χ2v) is 8.98. The molecule has 4 aromatic carbocycles. The van der Waals surface area contributed by atoms with Crippen molar-refractivity contribution in [3.63, 3.8) is 0 Å². The molecular weight excluding hydrogens is 512 g/mol. The van der Waals surface area contributed by atoms with Gasteiger partial charge in [-0.25, -0.2) is 0 Å². The fourth-order valence-electron chi connectivity index (χ4n) is 5.38. The molecule has 0 bridgehead atoms. The maximum absolute atomic E-state index is 6.01. The van der Waals surface area contributed by atoms with E-state index in [9.17, 15) is 0 Å². The van der Waals surface area contributed by atoms with Crippen molar-refractivity contribution in [1.29, 1.82) is 0 Å². The molecule has 0 saturated carbocycles. The first-order chi connectivity index (χ1) is 19.5. The third kappa shape index (κ3) is 4.07. The Morgan fingerprint density at radius 1 is 0.300 bits per heavy atom. The zero-order chi connectivity index (χ0) is 28.6. The molecule has 1 aliphatic carbocycles. The van der Waals surface area contributed by atoms with E-state index in [1.807, 2.05) is 48.5 Å². The van der Waals surface area contributed by atoms with Gasteiger partial charge in [-0.2, -0.15) is 0 Å². The van der Waals surface area contributed by atoms with Crippen LogP contribution in [0.15, 0.2) is 48.5 Å². The van der Waals surface area contributed by atoms with E-state index in [1.165, 1.54) is 0 Å². The van der Waals surface area contributed by atoms with Crippen LogP contribution >= 0.6 is 0 Å². The molecule has 0 unspecified atom stereocenters. The molecule has 0 aromatic heterocycles. The van der Waals surface area contributed by atoms with Gasteiger partial charge in [0.2, 0.25) is 0 Å². The minimum absolute atomic E-state index is 0.576. The Hall–Kier alpha value is -4.72. The average molecular weight is 545 g/mol. The lowest BCUT2D eigenvalue weighted by Gasteiger charge is -2.27. The van der Waals surface area contributed by atoms with E-state index in [0.717, 1.165) is 44.5 Å². The molecule has 0 aliphatic heterocycles. The molecule has 0 spiro atoms. The highest BCUT2D eigenvalue weighted by Gasteiger charge is 2.30. The van der Waals surface area contributed by atoms with Gasteiger partial charge in [0.1, 0.15) is 0 Å². The van der Waals surface area contributed by atoms with Crippen LogP contribution < -0.4 is 37.9 Å². The van der Waals surface area contributed by atoms with Crippen molar-refractivity contribution >= 4 is 0 Å². The molecule has 0 atom stereocenters. The normalized spacial score (nSPS) is 11.0. The highest BCUT2D eigenvalue weighted by atomic mass is 16.5. The first-order valence-electron chi connectivity index (χ1n) is 12.5. The highest BCUT2D eigenvalue weighted by molar-refractivity contribution is 6.07. The van der Waals surface area contributed by atoms with Gasteiger partial charge >= 0.3 is 0 Å². The van der Waals surface area contributed by atoms with Crippen LogP contribution in [0.2, 0.25) is 0 Å². The van der Waals surface area contributed by atoms with Crippen LogP contribution in [0.25, 0.3) is 44.5 Å². The van der Waals surface area contributed by atoms with Gasteiger partial charge in [0.05, 0.1) is 56.9 Å². The second-order valence-electron chi connectivity index (χ2n) is 8.98. The number of hydrogen-bond donors (Lipinski definition) is 0. The minimum Gasteiger partial charge on any atom is -0.493 e. The van der Waals surface area contributed by atoms with Crippen LogP contribution in [0, 0.1) is 0 Å². The molecule has 8 nitrogen and oxygen atoms in total. The first-order valence-corrected chi connectivity index (χ1v) is 12.5. The van der Waals surface area contributed by atoms with Crippen molar-refractivity contribution in [1.82, 2.24) is 0 Å². The molecule has 5 rings (SSSR count). The molecule has 0 amide bonds. The topological polar surface area (TPSA) is 73.8 Å². The maximum Gasteiger partial charge on any atom is 0.169 e. The zero-order valence-electron chi connectivity index (χ0n) is 23.9. The second kappa shape index (κ2) is 10.8. The van der Waals surface area contributed by atoms with Gasteiger partial charge in [-0.3, -0.25) is 0 Å². The maximum atomic E-state index is 6.01. The molecule has 0 radical (unpaired) electrons. The Morgan fingerprint density at radius 2 is 0.600 bits per heavy atom. The molecule has 4 aromatic rings. The predicted molar refractivity (Wildman–Crippen MR) is 154 cm³/mol. The van der Waals surface area contributed by atoms with E-state index >= 15 is 0 Å². The van der Waals surface area contributed by atoms with Gasteiger partial charge in [-0.15, -0.1) is 0 Å². The molecule has 0 saturated heterocycles.